The van der Waals surface area contributed by atoms with Gasteiger partial charge in [0.1, 0.15) is 0 Å². The van der Waals surface area contributed by atoms with Crippen molar-refractivity contribution in [3.05, 3.63) is 0 Å². The first-order valence-corrected chi connectivity index (χ1v) is 11.8. The highest BCUT2D eigenvalue weighted by Gasteiger charge is 2.40. The Morgan fingerprint density at radius 1 is 0.690 bits per heavy atom. The smallest absolute Gasteiger partial charge is 0.0613 e. The summed E-state index contributed by atoms with van der Waals surface area (Å²) in [5.41, 5.74) is 0.910. The second-order valence-corrected chi connectivity index (χ2v) is 12.8. The lowest BCUT2D eigenvalue weighted by molar-refractivity contribution is -0.0506. The highest BCUT2D eigenvalue weighted by atomic mass is 16.5. The van der Waals surface area contributed by atoms with Gasteiger partial charge in [-0.2, -0.15) is 0 Å². The van der Waals surface area contributed by atoms with E-state index >= 15 is 0 Å². The minimum atomic E-state index is 0.196. The Hall–Kier alpha value is -0.160. The van der Waals surface area contributed by atoms with E-state index in [9.17, 15) is 0 Å². The zero-order chi connectivity index (χ0) is 22.8. The van der Waals surface area contributed by atoms with E-state index in [1.54, 1.807) is 0 Å². The highest BCUT2D eigenvalue weighted by molar-refractivity contribution is 5.00. The summed E-state index contributed by atoms with van der Waals surface area (Å²) < 4.78 is 5.92. The van der Waals surface area contributed by atoms with Gasteiger partial charge in [-0.05, 0) is 116 Å². The number of rotatable bonds is 4. The lowest BCUT2D eigenvalue weighted by Crippen LogP contribution is -2.62. The summed E-state index contributed by atoms with van der Waals surface area (Å²) in [4.78, 5) is 2.52. The summed E-state index contributed by atoms with van der Waals surface area (Å²) in [7, 11) is 2.26. The van der Waals surface area contributed by atoms with Gasteiger partial charge in [-0.15, -0.1) is 0 Å². The SMILES string of the molecule is CC(C)N(C)C1CC(C)(C)NC(C)(C)C1.CC(C)OC1CC(C)(C)NC(C)(C)C1. The van der Waals surface area contributed by atoms with Crippen molar-refractivity contribution in [3.63, 3.8) is 0 Å². The fourth-order valence-electron chi connectivity index (χ4n) is 5.69. The zero-order valence-electron chi connectivity index (χ0n) is 22.0. The molecule has 29 heavy (non-hydrogen) atoms. The monoisotopic (exact) mass is 411 g/mol. The number of ether oxygens (including phenoxy) is 1. The third kappa shape index (κ3) is 9.67. The molecule has 2 saturated heterocycles. The maximum Gasteiger partial charge on any atom is 0.0613 e. The van der Waals surface area contributed by atoms with Crippen molar-refractivity contribution in [2.75, 3.05) is 7.05 Å². The molecule has 0 saturated carbocycles. The summed E-state index contributed by atoms with van der Waals surface area (Å²) in [6, 6.07) is 1.34. The van der Waals surface area contributed by atoms with Gasteiger partial charge in [0.15, 0.2) is 0 Å². The molecule has 0 bridgehead atoms. The van der Waals surface area contributed by atoms with Crippen molar-refractivity contribution in [2.45, 2.75) is 155 Å². The van der Waals surface area contributed by atoms with E-state index in [4.69, 9.17) is 4.74 Å². The molecule has 0 aromatic rings. The average molecular weight is 412 g/mol. The number of nitrogens with zero attached hydrogens (tertiary/aromatic N) is 1. The Labute approximate surface area is 182 Å². The molecule has 2 N–H and O–H groups in total. The molecule has 0 atom stereocenters. The number of piperidine rings is 2. The maximum absolute atomic E-state index is 5.92. The normalized spacial score (nSPS) is 26.5. The molecule has 4 heteroatoms. The summed E-state index contributed by atoms with van der Waals surface area (Å²) in [5.74, 6) is 0. The van der Waals surface area contributed by atoms with Crippen molar-refractivity contribution >= 4 is 0 Å². The van der Waals surface area contributed by atoms with Crippen molar-refractivity contribution in [2.24, 2.45) is 0 Å². The van der Waals surface area contributed by atoms with Gasteiger partial charge in [0.2, 0.25) is 0 Å². The van der Waals surface area contributed by atoms with Crippen LogP contribution >= 0.6 is 0 Å². The molecule has 0 radical (unpaired) electrons. The Morgan fingerprint density at radius 3 is 1.34 bits per heavy atom. The first-order valence-electron chi connectivity index (χ1n) is 11.8. The predicted molar refractivity (Wildman–Crippen MR) is 128 cm³/mol. The van der Waals surface area contributed by atoms with E-state index in [0.717, 1.165) is 12.8 Å². The van der Waals surface area contributed by atoms with Crippen LogP contribution < -0.4 is 10.6 Å². The van der Waals surface area contributed by atoms with Gasteiger partial charge < -0.3 is 20.3 Å². The summed E-state index contributed by atoms with van der Waals surface area (Å²) >= 11 is 0. The van der Waals surface area contributed by atoms with Crippen LogP contribution in [0.2, 0.25) is 0 Å². The molecule has 4 nitrogen and oxygen atoms in total. The zero-order valence-corrected chi connectivity index (χ0v) is 22.0. The Kier molecular flexibility index (Phi) is 8.84. The molecule has 0 aliphatic carbocycles. The molecular weight excluding hydrogens is 358 g/mol. The fourth-order valence-corrected chi connectivity index (χ4v) is 5.69. The standard InChI is InChI=1S/C13H28N2.C12H25NO/c1-10(2)15(7)11-8-12(3,4)14-13(5,6)9-11;1-9(2)14-10-7-11(3,4)13-12(5,6)8-10/h10-11,14H,8-9H2,1-7H3;9-10,13H,7-8H2,1-6H3. The van der Waals surface area contributed by atoms with E-state index in [2.05, 4.69) is 106 Å². The van der Waals surface area contributed by atoms with E-state index < -0.39 is 0 Å². The Morgan fingerprint density at radius 2 is 1.03 bits per heavy atom. The Bertz CT molecular complexity index is 476. The topological polar surface area (TPSA) is 36.5 Å². The molecule has 0 aromatic carbocycles. The summed E-state index contributed by atoms with van der Waals surface area (Å²) in [6.45, 7) is 27.1. The molecule has 174 valence electrons. The van der Waals surface area contributed by atoms with Crippen LogP contribution in [0.3, 0.4) is 0 Å². The van der Waals surface area contributed by atoms with Crippen molar-refractivity contribution in [1.82, 2.24) is 15.5 Å². The Balaban J connectivity index is 0.000000291. The first-order chi connectivity index (χ1) is 12.8. The molecule has 2 rings (SSSR count). The summed E-state index contributed by atoms with van der Waals surface area (Å²) in [6.07, 6.45) is 5.44. The van der Waals surface area contributed by atoms with Gasteiger partial charge in [-0.3, -0.25) is 0 Å². The van der Waals surface area contributed by atoms with Crippen LogP contribution in [0.15, 0.2) is 0 Å². The van der Waals surface area contributed by atoms with Crippen molar-refractivity contribution in [1.29, 1.82) is 0 Å². The maximum atomic E-state index is 5.92. The van der Waals surface area contributed by atoms with Gasteiger partial charge in [-0.25, -0.2) is 0 Å². The first kappa shape index (κ1) is 26.9. The molecule has 2 heterocycles. The number of hydrogen-bond donors (Lipinski definition) is 2. The highest BCUT2D eigenvalue weighted by Crippen LogP contribution is 2.32. The van der Waals surface area contributed by atoms with Crippen LogP contribution in [-0.2, 0) is 4.74 Å². The second-order valence-electron chi connectivity index (χ2n) is 12.8. The molecule has 0 spiro atoms. The minimum Gasteiger partial charge on any atom is -0.375 e. The number of nitrogens with one attached hydrogen (secondary N) is 2. The fraction of sp³-hybridized carbons (Fsp3) is 1.00. The van der Waals surface area contributed by atoms with E-state index in [-0.39, 0.29) is 22.2 Å². The second kappa shape index (κ2) is 9.54. The van der Waals surface area contributed by atoms with E-state index in [0.29, 0.717) is 24.3 Å². The average Bonchev–Trinajstić information content (AvgIpc) is 2.38. The molecule has 2 aliphatic rings. The van der Waals surface area contributed by atoms with Crippen LogP contribution in [0.25, 0.3) is 0 Å². The third-order valence-electron chi connectivity index (χ3n) is 6.18. The van der Waals surface area contributed by atoms with Crippen LogP contribution in [0.4, 0.5) is 0 Å². The molecular formula is C25H53N3O. The molecule has 0 amide bonds. The van der Waals surface area contributed by atoms with Gasteiger partial charge in [0.25, 0.3) is 0 Å². The van der Waals surface area contributed by atoms with Crippen LogP contribution in [0.1, 0.15) is 109 Å². The molecule has 2 fully saturated rings. The van der Waals surface area contributed by atoms with Gasteiger partial charge in [-0.1, -0.05) is 0 Å². The lowest BCUT2D eigenvalue weighted by atomic mass is 9.79. The molecule has 0 aromatic heterocycles. The molecule has 2 aliphatic heterocycles. The lowest BCUT2D eigenvalue weighted by Gasteiger charge is -2.49. The minimum absolute atomic E-state index is 0.196. The predicted octanol–water partition coefficient (Wildman–Crippen LogP) is 5.36. The van der Waals surface area contributed by atoms with Gasteiger partial charge in [0, 0.05) is 34.2 Å². The quantitative estimate of drug-likeness (QED) is 0.653. The van der Waals surface area contributed by atoms with Crippen molar-refractivity contribution in [3.8, 4) is 0 Å². The van der Waals surface area contributed by atoms with E-state index in [1.807, 2.05) is 0 Å². The van der Waals surface area contributed by atoms with E-state index in [1.165, 1.54) is 12.8 Å². The largest absolute Gasteiger partial charge is 0.375 e. The number of hydrogen-bond acceptors (Lipinski definition) is 4. The van der Waals surface area contributed by atoms with Gasteiger partial charge in [0.05, 0.1) is 12.2 Å². The van der Waals surface area contributed by atoms with Gasteiger partial charge >= 0.3 is 0 Å². The third-order valence-corrected chi connectivity index (χ3v) is 6.18. The molecule has 0 unspecified atom stereocenters. The van der Waals surface area contributed by atoms with Crippen molar-refractivity contribution < 1.29 is 4.74 Å². The van der Waals surface area contributed by atoms with Crippen LogP contribution in [0, 0.1) is 0 Å². The van der Waals surface area contributed by atoms with Crippen LogP contribution in [-0.4, -0.2) is 58.4 Å². The van der Waals surface area contributed by atoms with Crippen LogP contribution in [0.5, 0.6) is 0 Å². The summed E-state index contributed by atoms with van der Waals surface area (Å²) in [5, 5.41) is 7.38.